The number of anilines is 1. The van der Waals surface area contributed by atoms with Crippen LogP contribution in [0.1, 0.15) is 23.7 Å². The van der Waals surface area contributed by atoms with Gasteiger partial charge in [-0.1, -0.05) is 48.6 Å². The first-order chi connectivity index (χ1) is 14.0. The van der Waals surface area contributed by atoms with Crippen LogP contribution in [0.25, 0.3) is 0 Å². The number of carbonyl (C=O) groups is 3. The van der Waals surface area contributed by atoms with E-state index < -0.39 is 0 Å². The third-order valence-corrected chi connectivity index (χ3v) is 6.17. The van der Waals surface area contributed by atoms with E-state index in [-0.39, 0.29) is 22.3 Å². The number of allylic oxidation sites excluding steroid dienone is 3. The zero-order valence-electron chi connectivity index (χ0n) is 15.9. The highest BCUT2D eigenvalue weighted by molar-refractivity contribution is 8.00. The van der Waals surface area contributed by atoms with Gasteiger partial charge in [-0.3, -0.25) is 14.4 Å². The number of hydrogen-bond donors (Lipinski definition) is 0. The number of carbonyl (C=O) groups excluding carboxylic acids is 3. The first kappa shape index (κ1) is 19.2. The Balaban J connectivity index is 1.43. The molecule has 2 aliphatic rings. The Morgan fingerprint density at radius 1 is 0.931 bits per heavy atom. The molecule has 0 fully saturated rings. The summed E-state index contributed by atoms with van der Waals surface area (Å²) >= 11 is 1.68. The first-order valence-electron chi connectivity index (χ1n) is 9.30. The number of rotatable bonds is 5. The smallest absolute Gasteiger partial charge is 0.258 e. The molecule has 29 heavy (non-hydrogen) atoms. The number of ketones is 1. The lowest BCUT2D eigenvalue weighted by Gasteiger charge is -2.27. The van der Waals surface area contributed by atoms with Gasteiger partial charge in [0, 0.05) is 32.9 Å². The summed E-state index contributed by atoms with van der Waals surface area (Å²) in [5, 5.41) is 0. The van der Waals surface area contributed by atoms with Crippen molar-refractivity contribution >= 4 is 35.0 Å². The van der Waals surface area contributed by atoms with Crippen molar-refractivity contribution in [3.05, 3.63) is 96.1 Å². The lowest BCUT2D eigenvalue weighted by molar-refractivity contribution is -0.119. The highest BCUT2D eigenvalue weighted by Crippen LogP contribution is 2.40. The van der Waals surface area contributed by atoms with Gasteiger partial charge in [-0.05, 0) is 37.6 Å². The van der Waals surface area contributed by atoms with Crippen molar-refractivity contribution in [3.63, 3.8) is 0 Å². The molecular formula is C24H19NO3S. The van der Waals surface area contributed by atoms with E-state index in [1.165, 1.54) is 12.2 Å². The van der Waals surface area contributed by atoms with E-state index in [4.69, 9.17) is 0 Å². The van der Waals surface area contributed by atoms with E-state index in [9.17, 15) is 14.4 Å². The molecule has 0 aromatic heterocycles. The molecule has 0 saturated heterocycles. The minimum atomic E-state index is -0.321. The van der Waals surface area contributed by atoms with Gasteiger partial charge in [0.2, 0.25) is 0 Å². The van der Waals surface area contributed by atoms with Crippen LogP contribution in [-0.4, -0.2) is 22.3 Å². The van der Waals surface area contributed by atoms with E-state index in [0.29, 0.717) is 16.8 Å². The molecule has 1 aliphatic heterocycles. The highest BCUT2D eigenvalue weighted by atomic mass is 32.2. The molecule has 1 aliphatic carbocycles. The van der Waals surface area contributed by atoms with Crippen LogP contribution in [-0.2, 0) is 9.59 Å². The van der Waals surface area contributed by atoms with Crippen molar-refractivity contribution in [2.45, 2.75) is 23.0 Å². The molecule has 4 rings (SSSR count). The summed E-state index contributed by atoms with van der Waals surface area (Å²) in [6.07, 6.45) is 9.24. The van der Waals surface area contributed by atoms with E-state index >= 15 is 0 Å². The largest absolute Gasteiger partial charge is 0.289 e. The fraction of sp³-hybridized carbons (Fsp3) is 0.125. The molecule has 0 radical (unpaired) electrons. The number of thioether (sulfide) groups is 1. The first-order valence-corrected chi connectivity index (χ1v) is 10.1. The average molecular weight is 401 g/mol. The van der Waals surface area contributed by atoms with E-state index in [1.54, 1.807) is 23.9 Å². The normalized spacial score (nSPS) is 20.9. The zero-order chi connectivity index (χ0) is 20.4. The molecule has 0 N–H and O–H groups in total. The molecule has 0 saturated carbocycles. The standard InChI is InChI=1S/C24H19NO3S/c1-24(15-13-18(14-16-24)23(28)17-5-3-2-4-6-17)29-20-9-7-19(8-10-20)25-21(26)11-12-22(25)27/h2-15H,16H2,1H3. The van der Waals surface area contributed by atoms with Crippen LogP contribution in [0.2, 0.25) is 0 Å². The second kappa shape index (κ2) is 7.68. The van der Waals surface area contributed by atoms with E-state index in [2.05, 4.69) is 13.0 Å². The molecule has 1 atom stereocenters. The maximum Gasteiger partial charge on any atom is 0.258 e. The van der Waals surface area contributed by atoms with Crippen LogP contribution >= 0.6 is 11.8 Å². The molecule has 2 aromatic carbocycles. The van der Waals surface area contributed by atoms with Gasteiger partial charge in [0.15, 0.2) is 5.78 Å². The molecule has 1 heterocycles. The molecule has 0 bridgehead atoms. The number of imide groups is 1. The maximum atomic E-state index is 12.6. The van der Waals surface area contributed by atoms with Crippen LogP contribution in [0, 0.1) is 0 Å². The minimum absolute atomic E-state index is 0.0341. The molecule has 0 spiro atoms. The van der Waals surface area contributed by atoms with Crippen LogP contribution in [0.3, 0.4) is 0 Å². The topological polar surface area (TPSA) is 54.5 Å². The summed E-state index contributed by atoms with van der Waals surface area (Å²) in [5.74, 6) is -0.608. The van der Waals surface area contributed by atoms with E-state index in [1.807, 2.05) is 54.6 Å². The van der Waals surface area contributed by atoms with Gasteiger partial charge in [-0.2, -0.15) is 0 Å². The fourth-order valence-electron chi connectivity index (χ4n) is 3.30. The van der Waals surface area contributed by atoms with Gasteiger partial charge in [0.05, 0.1) is 5.69 Å². The molecule has 2 aromatic rings. The molecule has 144 valence electrons. The van der Waals surface area contributed by atoms with Gasteiger partial charge in [0.25, 0.3) is 11.8 Å². The Kier molecular flexibility index (Phi) is 5.07. The lowest BCUT2D eigenvalue weighted by Crippen LogP contribution is -2.29. The fourth-order valence-corrected chi connectivity index (χ4v) is 4.42. The third-order valence-electron chi connectivity index (χ3n) is 4.90. The van der Waals surface area contributed by atoms with Crippen molar-refractivity contribution in [1.29, 1.82) is 0 Å². The Labute approximate surface area is 173 Å². The summed E-state index contributed by atoms with van der Waals surface area (Å²) in [6.45, 7) is 2.12. The van der Waals surface area contributed by atoms with Gasteiger partial charge in [-0.15, -0.1) is 11.8 Å². The summed E-state index contributed by atoms with van der Waals surface area (Å²) < 4.78 is -0.178. The third kappa shape index (κ3) is 4.00. The average Bonchev–Trinajstić information content (AvgIpc) is 3.07. The quantitative estimate of drug-likeness (QED) is 0.537. The predicted octanol–water partition coefficient (Wildman–Crippen LogP) is 4.74. The number of benzene rings is 2. The van der Waals surface area contributed by atoms with Crippen molar-refractivity contribution in [2.24, 2.45) is 0 Å². The van der Waals surface area contributed by atoms with Crippen LogP contribution in [0.5, 0.6) is 0 Å². The van der Waals surface area contributed by atoms with Crippen molar-refractivity contribution in [2.75, 3.05) is 4.90 Å². The Morgan fingerprint density at radius 3 is 2.17 bits per heavy atom. The van der Waals surface area contributed by atoms with Gasteiger partial charge in [-0.25, -0.2) is 4.90 Å². The Hall–Kier alpha value is -3.18. The summed E-state index contributed by atoms with van der Waals surface area (Å²) in [5.41, 5.74) is 1.97. The SMILES string of the molecule is CC1(Sc2ccc(N3C(=O)C=CC3=O)cc2)C=CC(C(=O)c2ccccc2)=CC1. The summed E-state index contributed by atoms with van der Waals surface area (Å²) in [4.78, 5) is 38.4. The van der Waals surface area contributed by atoms with Crippen LogP contribution < -0.4 is 4.90 Å². The molecular weight excluding hydrogens is 382 g/mol. The van der Waals surface area contributed by atoms with Crippen molar-refractivity contribution in [3.8, 4) is 0 Å². The minimum Gasteiger partial charge on any atom is -0.289 e. The van der Waals surface area contributed by atoms with Crippen LogP contribution in [0.15, 0.2) is 95.4 Å². The summed E-state index contributed by atoms with van der Waals surface area (Å²) in [6, 6.07) is 16.7. The summed E-state index contributed by atoms with van der Waals surface area (Å²) in [7, 11) is 0. The van der Waals surface area contributed by atoms with Gasteiger partial charge < -0.3 is 0 Å². The molecule has 2 amide bonds. The van der Waals surface area contributed by atoms with Crippen molar-refractivity contribution in [1.82, 2.24) is 0 Å². The van der Waals surface area contributed by atoms with Gasteiger partial charge in [0.1, 0.15) is 0 Å². The number of amides is 2. The zero-order valence-corrected chi connectivity index (χ0v) is 16.7. The number of hydrogen-bond acceptors (Lipinski definition) is 4. The Morgan fingerprint density at radius 2 is 1.59 bits per heavy atom. The van der Waals surface area contributed by atoms with E-state index in [0.717, 1.165) is 16.2 Å². The highest BCUT2D eigenvalue weighted by Gasteiger charge is 2.27. The number of Topliss-reactive ketones (excluding diaryl/α,β-unsaturated/α-hetero) is 1. The lowest BCUT2D eigenvalue weighted by atomic mass is 9.93. The monoisotopic (exact) mass is 401 g/mol. The Bertz CT molecular complexity index is 1050. The molecule has 5 heteroatoms. The van der Waals surface area contributed by atoms with Gasteiger partial charge >= 0.3 is 0 Å². The molecule has 4 nitrogen and oxygen atoms in total. The second-order valence-electron chi connectivity index (χ2n) is 7.15. The second-order valence-corrected chi connectivity index (χ2v) is 8.75. The maximum absolute atomic E-state index is 12.6. The molecule has 1 unspecified atom stereocenters. The van der Waals surface area contributed by atoms with Crippen molar-refractivity contribution < 1.29 is 14.4 Å². The predicted molar refractivity (Wildman–Crippen MR) is 115 cm³/mol. The van der Waals surface area contributed by atoms with Crippen LogP contribution in [0.4, 0.5) is 5.69 Å². The number of nitrogens with zero attached hydrogens (tertiary/aromatic N) is 1.